The molecule has 0 saturated heterocycles. The van der Waals surface area contributed by atoms with Gasteiger partial charge in [0.25, 0.3) is 0 Å². The number of rotatable bonds is 3. The molecule has 2 atom stereocenters. The highest BCUT2D eigenvalue weighted by Gasteiger charge is 2.53. The van der Waals surface area contributed by atoms with Gasteiger partial charge in [0, 0.05) is 6.61 Å². The molecule has 2 aliphatic carbocycles. The molecule has 0 bridgehead atoms. The summed E-state index contributed by atoms with van der Waals surface area (Å²) < 4.78 is 13.1. The van der Waals surface area contributed by atoms with Crippen LogP contribution in [0.25, 0.3) is 0 Å². The molecule has 0 amide bonds. The van der Waals surface area contributed by atoms with E-state index in [1.54, 1.807) is 12.1 Å². The van der Waals surface area contributed by atoms with E-state index < -0.39 is 0 Å². The molecule has 3 heteroatoms. The van der Waals surface area contributed by atoms with Gasteiger partial charge in [0.2, 0.25) is 0 Å². The molecule has 2 saturated carbocycles. The molecule has 92 valence electrons. The SMILES string of the molecule is OCC1(Cc2ccc(F)c(Cl)c2)CC2CC2C1. The number of aliphatic hydroxyl groups is 1. The Balaban J connectivity index is 1.78. The first-order chi connectivity index (χ1) is 8.12. The molecule has 1 nitrogen and oxygen atoms in total. The van der Waals surface area contributed by atoms with Crippen molar-refractivity contribution < 1.29 is 9.50 Å². The predicted molar refractivity (Wildman–Crippen MR) is 65.5 cm³/mol. The van der Waals surface area contributed by atoms with E-state index in [0.717, 1.165) is 36.7 Å². The van der Waals surface area contributed by atoms with Gasteiger partial charge in [-0.05, 0) is 60.6 Å². The monoisotopic (exact) mass is 254 g/mol. The van der Waals surface area contributed by atoms with Crippen LogP contribution in [-0.2, 0) is 6.42 Å². The van der Waals surface area contributed by atoms with Crippen LogP contribution < -0.4 is 0 Å². The second kappa shape index (κ2) is 3.96. The molecule has 2 fully saturated rings. The molecule has 0 aromatic heterocycles. The summed E-state index contributed by atoms with van der Waals surface area (Å²) in [7, 11) is 0. The number of halogens is 2. The van der Waals surface area contributed by atoms with E-state index in [1.807, 2.05) is 0 Å². The Labute approximate surface area is 106 Å². The van der Waals surface area contributed by atoms with Gasteiger partial charge >= 0.3 is 0 Å². The highest BCUT2D eigenvalue weighted by Crippen LogP contribution is 2.60. The van der Waals surface area contributed by atoms with Gasteiger partial charge in [0.15, 0.2) is 0 Å². The largest absolute Gasteiger partial charge is 0.396 e. The summed E-state index contributed by atoms with van der Waals surface area (Å²) in [5, 5.41) is 9.81. The summed E-state index contributed by atoms with van der Waals surface area (Å²) in [5.74, 6) is 1.29. The normalized spacial score (nSPS) is 34.8. The molecule has 1 aromatic carbocycles. The zero-order valence-electron chi connectivity index (χ0n) is 9.63. The van der Waals surface area contributed by atoms with Crippen LogP contribution in [0.1, 0.15) is 24.8 Å². The minimum Gasteiger partial charge on any atom is -0.396 e. The van der Waals surface area contributed by atoms with Crippen molar-refractivity contribution in [2.75, 3.05) is 6.61 Å². The van der Waals surface area contributed by atoms with E-state index >= 15 is 0 Å². The molecule has 0 heterocycles. The van der Waals surface area contributed by atoms with Crippen LogP contribution >= 0.6 is 11.6 Å². The van der Waals surface area contributed by atoms with E-state index in [9.17, 15) is 9.50 Å². The number of benzene rings is 1. The van der Waals surface area contributed by atoms with Crippen LogP contribution in [0.15, 0.2) is 18.2 Å². The minimum atomic E-state index is -0.372. The molecule has 3 rings (SSSR count). The molecular weight excluding hydrogens is 239 g/mol. The van der Waals surface area contributed by atoms with Gasteiger partial charge in [-0.15, -0.1) is 0 Å². The number of hydrogen-bond donors (Lipinski definition) is 1. The van der Waals surface area contributed by atoms with Gasteiger partial charge in [-0.1, -0.05) is 17.7 Å². The van der Waals surface area contributed by atoms with Gasteiger partial charge in [-0.25, -0.2) is 4.39 Å². The van der Waals surface area contributed by atoms with E-state index in [4.69, 9.17) is 11.6 Å². The number of hydrogen-bond acceptors (Lipinski definition) is 1. The third kappa shape index (κ3) is 2.09. The van der Waals surface area contributed by atoms with Crippen LogP contribution in [0.3, 0.4) is 0 Å². The summed E-state index contributed by atoms with van der Waals surface area (Å²) in [4.78, 5) is 0. The molecule has 0 radical (unpaired) electrons. The minimum absolute atomic E-state index is 0.0226. The lowest BCUT2D eigenvalue weighted by Gasteiger charge is -2.28. The van der Waals surface area contributed by atoms with Crippen LogP contribution in [0.4, 0.5) is 4.39 Å². The third-order valence-electron chi connectivity index (χ3n) is 4.36. The van der Waals surface area contributed by atoms with Gasteiger partial charge in [-0.2, -0.15) is 0 Å². The topological polar surface area (TPSA) is 20.2 Å². The van der Waals surface area contributed by atoms with Crippen LogP contribution in [-0.4, -0.2) is 11.7 Å². The molecule has 0 aliphatic heterocycles. The van der Waals surface area contributed by atoms with Crippen molar-refractivity contribution >= 4 is 11.6 Å². The number of aliphatic hydroxyl groups excluding tert-OH is 1. The number of fused-ring (bicyclic) bond motifs is 1. The zero-order chi connectivity index (χ0) is 12.0. The lowest BCUT2D eigenvalue weighted by Crippen LogP contribution is -2.26. The fraction of sp³-hybridized carbons (Fsp3) is 0.571. The maximum atomic E-state index is 13.1. The van der Waals surface area contributed by atoms with Crippen molar-refractivity contribution in [3.63, 3.8) is 0 Å². The average molecular weight is 255 g/mol. The van der Waals surface area contributed by atoms with E-state index in [1.165, 1.54) is 12.5 Å². The predicted octanol–water partition coefficient (Wildman–Crippen LogP) is 3.43. The van der Waals surface area contributed by atoms with Gasteiger partial charge in [-0.3, -0.25) is 0 Å². The Hall–Kier alpha value is -0.600. The van der Waals surface area contributed by atoms with Gasteiger partial charge in [0.05, 0.1) is 5.02 Å². The van der Waals surface area contributed by atoms with Crippen molar-refractivity contribution in [1.29, 1.82) is 0 Å². The lowest BCUT2D eigenvalue weighted by molar-refractivity contribution is 0.117. The first kappa shape index (κ1) is 11.5. The fourth-order valence-electron chi connectivity index (χ4n) is 3.42. The van der Waals surface area contributed by atoms with Crippen molar-refractivity contribution in [3.8, 4) is 0 Å². The Bertz CT molecular complexity index is 436. The van der Waals surface area contributed by atoms with Gasteiger partial charge in [0.1, 0.15) is 5.82 Å². The zero-order valence-corrected chi connectivity index (χ0v) is 10.4. The average Bonchev–Trinajstić information content (AvgIpc) is 2.93. The second-order valence-corrected chi connectivity index (χ2v) is 6.15. The summed E-state index contributed by atoms with van der Waals surface area (Å²) >= 11 is 5.79. The smallest absolute Gasteiger partial charge is 0.141 e. The Morgan fingerprint density at radius 2 is 2.06 bits per heavy atom. The first-order valence-electron chi connectivity index (χ1n) is 6.17. The fourth-order valence-corrected chi connectivity index (χ4v) is 3.62. The molecule has 0 spiro atoms. The third-order valence-corrected chi connectivity index (χ3v) is 4.65. The standard InChI is InChI=1S/C14H16ClFO/c15-12-3-9(1-2-13(12)16)5-14(8-17)6-10-4-11(10)7-14/h1-3,10-11,17H,4-8H2. The van der Waals surface area contributed by atoms with Crippen molar-refractivity contribution in [2.24, 2.45) is 17.3 Å². The Morgan fingerprint density at radius 1 is 1.35 bits per heavy atom. The summed E-state index contributed by atoms with van der Waals surface area (Å²) in [5.41, 5.74) is 1.06. The molecule has 17 heavy (non-hydrogen) atoms. The van der Waals surface area contributed by atoms with E-state index in [0.29, 0.717) is 0 Å². The quantitative estimate of drug-likeness (QED) is 0.876. The summed E-state index contributed by atoms with van der Waals surface area (Å²) in [6.45, 7) is 0.231. The van der Waals surface area contributed by atoms with Crippen LogP contribution in [0, 0.1) is 23.1 Å². The Kier molecular flexibility index (Phi) is 2.68. The van der Waals surface area contributed by atoms with E-state index in [2.05, 4.69) is 0 Å². The highest BCUT2D eigenvalue weighted by molar-refractivity contribution is 6.30. The molecule has 1 aromatic rings. The highest BCUT2D eigenvalue weighted by atomic mass is 35.5. The van der Waals surface area contributed by atoms with Crippen molar-refractivity contribution in [2.45, 2.75) is 25.7 Å². The molecule has 2 unspecified atom stereocenters. The lowest BCUT2D eigenvalue weighted by atomic mass is 9.78. The first-order valence-corrected chi connectivity index (χ1v) is 6.54. The van der Waals surface area contributed by atoms with Gasteiger partial charge < -0.3 is 5.11 Å². The molecule has 2 aliphatic rings. The maximum Gasteiger partial charge on any atom is 0.141 e. The Morgan fingerprint density at radius 3 is 2.65 bits per heavy atom. The molecule has 1 N–H and O–H groups in total. The van der Waals surface area contributed by atoms with Crippen molar-refractivity contribution in [1.82, 2.24) is 0 Å². The van der Waals surface area contributed by atoms with Crippen molar-refractivity contribution in [3.05, 3.63) is 34.6 Å². The van der Waals surface area contributed by atoms with Crippen LogP contribution in [0.2, 0.25) is 5.02 Å². The van der Waals surface area contributed by atoms with E-state index in [-0.39, 0.29) is 22.9 Å². The molecular formula is C14H16ClFO. The second-order valence-electron chi connectivity index (χ2n) is 5.75. The summed E-state index contributed by atoms with van der Waals surface area (Å²) in [6.07, 6.45) is 4.38. The summed E-state index contributed by atoms with van der Waals surface area (Å²) in [6, 6.07) is 4.89. The van der Waals surface area contributed by atoms with Crippen LogP contribution in [0.5, 0.6) is 0 Å². The maximum absolute atomic E-state index is 13.1.